The number of hydrogen-bond acceptors (Lipinski definition) is 6. The maximum Gasteiger partial charge on any atom is 0.282 e. The van der Waals surface area contributed by atoms with Crippen molar-refractivity contribution in [1.29, 1.82) is 5.26 Å². The Bertz CT molecular complexity index is 1590. The molecule has 0 fully saturated rings. The Morgan fingerprint density at radius 2 is 1.92 bits per heavy atom. The Labute approximate surface area is 231 Å². The van der Waals surface area contributed by atoms with Gasteiger partial charge in [-0.25, -0.2) is 4.98 Å². The van der Waals surface area contributed by atoms with Crippen LogP contribution in [0, 0.1) is 11.3 Å². The van der Waals surface area contributed by atoms with Crippen molar-refractivity contribution in [3.05, 3.63) is 96.4 Å². The van der Waals surface area contributed by atoms with Crippen LogP contribution in [0.1, 0.15) is 49.2 Å². The topological polar surface area (TPSA) is 89.5 Å². The molecule has 0 N–H and O–H groups in total. The van der Waals surface area contributed by atoms with Gasteiger partial charge in [0.25, 0.3) is 5.56 Å². The zero-order valence-corrected chi connectivity index (χ0v) is 23.7. The van der Waals surface area contributed by atoms with Crippen molar-refractivity contribution < 1.29 is 9.47 Å². The average Bonchev–Trinajstić information content (AvgIpc) is 2.88. The van der Waals surface area contributed by atoms with Gasteiger partial charge < -0.3 is 9.47 Å². The third-order valence-electron chi connectivity index (χ3n) is 5.51. The monoisotopic (exact) mass is 622 g/mol. The average molecular weight is 624 g/mol. The van der Waals surface area contributed by atoms with Gasteiger partial charge in [0.15, 0.2) is 11.5 Å². The molecule has 0 aliphatic carbocycles. The van der Waals surface area contributed by atoms with Crippen LogP contribution in [0.15, 0.2) is 73.4 Å². The van der Waals surface area contributed by atoms with E-state index in [0.717, 1.165) is 10.0 Å². The highest BCUT2D eigenvalue weighted by Crippen LogP contribution is 2.37. The number of nitrogens with zero attached hydrogens (tertiary/aromatic N) is 4. The van der Waals surface area contributed by atoms with E-state index in [2.05, 4.69) is 48.0 Å². The van der Waals surface area contributed by atoms with E-state index in [1.807, 2.05) is 57.2 Å². The van der Waals surface area contributed by atoms with Gasteiger partial charge in [-0.3, -0.25) is 4.79 Å². The van der Waals surface area contributed by atoms with E-state index in [9.17, 15) is 10.1 Å². The van der Waals surface area contributed by atoms with E-state index in [0.29, 0.717) is 50.4 Å². The first-order chi connectivity index (χ1) is 17.8. The van der Waals surface area contributed by atoms with Crippen molar-refractivity contribution in [2.75, 3.05) is 6.61 Å². The van der Waals surface area contributed by atoms with Crippen LogP contribution in [-0.2, 0) is 6.61 Å². The normalized spacial score (nSPS) is 11.3. The predicted molar refractivity (Wildman–Crippen MR) is 152 cm³/mol. The Hall–Kier alpha value is -3.48. The van der Waals surface area contributed by atoms with Crippen LogP contribution in [0.5, 0.6) is 11.5 Å². The second-order valence-corrected chi connectivity index (χ2v) is 10.2. The minimum absolute atomic E-state index is 0.0179. The highest BCUT2D eigenvalue weighted by Gasteiger charge is 2.16. The second kappa shape index (κ2) is 11.7. The summed E-state index contributed by atoms with van der Waals surface area (Å²) in [6.07, 6.45) is 1.60. The van der Waals surface area contributed by atoms with Crippen molar-refractivity contribution in [3.63, 3.8) is 0 Å². The molecule has 0 radical (unpaired) electrons. The number of halogens is 2. The second-order valence-electron chi connectivity index (χ2n) is 8.47. The summed E-state index contributed by atoms with van der Waals surface area (Å²) in [5.74, 6) is 1.58. The summed E-state index contributed by atoms with van der Waals surface area (Å²) in [4.78, 5) is 18.0. The summed E-state index contributed by atoms with van der Waals surface area (Å²) < 4.78 is 14.7. The molecule has 0 aliphatic heterocycles. The number of rotatable bonds is 8. The summed E-state index contributed by atoms with van der Waals surface area (Å²) in [7, 11) is 0. The molecule has 0 amide bonds. The van der Waals surface area contributed by atoms with Gasteiger partial charge in [0.1, 0.15) is 12.4 Å². The molecule has 37 heavy (non-hydrogen) atoms. The van der Waals surface area contributed by atoms with Crippen LogP contribution >= 0.6 is 31.9 Å². The minimum atomic E-state index is -0.244. The molecular weight excluding hydrogens is 600 g/mol. The molecule has 0 aliphatic rings. The molecule has 1 heterocycles. The molecular formula is C28H24Br2N4O3. The fourth-order valence-corrected chi connectivity index (χ4v) is 4.68. The van der Waals surface area contributed by atoms with Crippen molar-refractivity contribution in [2.24, 2.45) is 5.10 Å². The zero-order chi connectivity index (χ0) is 26.5. The smallest absolute Gasteiger partial charge is 0.282 e. The summed E-state index contributed by atoms with van der Waals surface area (Å²) in [5, 5.41) is 14.4. The largest absolute Gasteiger partial charge is 0.490 e. The van der Waals surface area contributed by atoms with Crippen LogP contribution < -0.4 is 15.0 Å². The van der Waals surface area contributed by atoms with Crippen molar-refractivity contribution >= 4 is 49.0 Å². The van der Waals surface area contributed by atoms with E-state index in [4.69, 9.17) is 9.47 Å². The molecule has 9 heteroatoms. The number of hydrogen-bond donors (Lipinski definition) is 0. The highest BCUT2D eigenvalue weighted by atomic mass is 79.9. The Morgan fingerprint density at radius 1 is 1.14 bits per heavy atom. The molecule has 0 unspecified atom stereocenters. The third-order valence-corrected chi connectivity index (χ3v) is 6.60. The summed E-state index contributed by atoms with van der Waals surface area (Å²) >= 11 is 7.00. The number of ether oxygens (including phenoxy) is 2. The van der Waals surface area contributed by atoms with Gasteiger partial charge in [-0.1, -0.05) is 48.0 Å². The van der Waals surface area contributed by atoms with Gasteiger partial charge in [-0.05, 0) is 64.8 Å². The van der Waals surface area contributed by atoms with E-state index in [1.54, 1.807) is 24.4 Å². The van der Waals surface area contributed by atoms with Crippen LogP contribution in [-0.4, -0.2) is 22.5 Å². The van der Waals surface area contributed by atoms with Gasteiger partial charge in [0.05, 0.1) is 39.8 Å². The quantitative estimate of drug-likeness (QED) is 0.202. The zero-order valence-electron chi connectivity index (χ0n) is 20.5. The van der Waals surface area contributed by atoms with Crippen molar-refractivity contribution in [1.82, 2.24) is 9.66 Å². The number of nitriles is 1. The van der Waals surface area contributed by atoms with Gasteiger partial charge in [0, 0.05) is 16.0 Å². The first-order valence-electron chi connectivity index (χ1n) is 11.7. The molecule has 0 saturated carbocycles. The lowest BCUT2D eigenvalue weighted by Crippen LogP contribution is -2.23. The standard InChI is InChI=1S/C28H24Br2N4O3/c1-4-36-25-12-18(11-23(30)26(25)37-16-20-8-6-5-7-19(20)14-31)15-32-34-27(17(2)3)33-24-10-9-21(29)13-22(24)28(34)35/h5-13,15,17H,4,16H2,1-3H3. The lowest BCUT2D eigenvalue weighted by Gasteiger charge is -2.15. The molecule has 4 aromatic rings. The van der Waals surface area contributed by atoms with Crippen LogP contribution in [0.2, 0.25) is 0 Å². The summed E-state index contributed by atoms with van der Waals surface area (Å²) in [5.41, 5.74) is 2.43. The Morgan fingerprint density at radius 3 is 2.65 bits per heavy atom. The predicted octanol–water partition coefficient (Wildman–Crippen LogP) is 6.78. The summed E-state index contributed by atoms with van der Waals surface area (Å²) in [6, 6.07) is 18.5. The molecule has 0 saturated heterocycles. The lowest BCUT2D eigenvalue weighted by atomic mass is 10.1. The van der Waals surface area contributed by atoms with E-state index in [-0.39, 0.29) is 18.1 Å². The minimum Gasteiger partial charge on any atom is -0.490 e. The van der Waals surface area contributed by atoms with Crippen molar-refractivity contribution in [3.8, 4) is 17.6 Å². The fraction of sp³-hybridized carbons (Fsp3) is 0.214. The van der Waals surface area contributed by atoms with Gasteiger partial charge >= 0.3 is 0 Å². The van der Waals surface area contributed by atoms with Gasteiger partial charge in [-0.2, -0.15) is 15.0 Å². The van der Waals surface area contributed by atoms with Crippen LogP contribution in [0.25, 0.3) is 10.9 Å². The van der Waals surface area contributed by atoms with Gasteiger partial charge in [0.2, 0.25) is 0 Å². The van der Waals surface area contributed by atoms with Crippen molar-refractivity contribution in [2.45, 2.75) is 33.3 Å². The van der Waals surface area contributed by atoms with Crippen LogP contribution in [0.4, 0.5) is 0 Å². The molecule has 3 aromatic carbocycles. The molecule has 7 nitrogen and oxygen atoms in total. The Kier molecular flexibility index (Phi) is 8.41. The molecule has 0 bridgehead atoms. The number of benzene rings is 3. The maximum atomic E-state index is 13.3. The van der Waals surface area contributed by atoms with Gasteiger partial charge in [-0.15, -0.1) is 0 Å². The first kappa shape index (κ1) is 26.6. The third kappa shape index (κ3) is 5.92. The molecule has 1 aromatic heterocycles. The van der Waals surface area contributed by atoms with E-state index < -0.39 is 0 Å². The fourth-order valence-electron chi connectivity index (χ4n) is 3.75. The molecule has 188 valence electrons. The Balaban J connectivity index is 1.71. The SMILES string of the molecule is CCOc1cc(C=Nn2c(C(C)C)nc3ccc(Br)cc3c2=O)cc(Br)c1OCc1ccccc1C#N. The molecule has 4 rings (SSSR count). The first-order valence-corrected chi connectivity index (χ1v) is 13.2. The molecule has 0 atom stereocenters. The van der Waals surface area contributed by atoms with E-state index >= 15 is 0 Å². The molecule has 0 spiro atoms. The number of fused-ring (bicyclic) bond motifs is 1. The maximum absolute atomic E-state index is 13.3. The lowest BCUT2D eigenvalue weighted by molar-refractivity contribution is 0.267. The highest BCUT2D eigenvalue weighted by molar-refractivity contribution is 9.10. The summed E-state index contributed by atoms with van der Waals surface area (Å²) in [6.45, 7) is 6.47. The number of aromatic nitrogens is 2. The van der Waals surface area contributed by atoms with E-state index in [1.165, 1.54) is 4.68 Å². The van der Waals surface area contributed by atoms with Crippen LogP contribution in [0.3, 0.4) is 0 Å².